The van der Waals surface area contributed by atoms with Crippen molar-refractivity contribution in [3.05, 3.63) is 162 Å². The van der Waals surface area contributed by atoms with Crippen molar-refractivity contribution in [2.45, 2.75) is 229 Å². The molecule has 0 saturated carbocycles. The molecule has 1 aliphatic rings. The standard InChI is InChI=1S/C97H134N22O22S/c1-51(2)40-67-88(133)116-80(53(5)6)93(138)117-81(55(8)121)94(139)114-74(90(135)113-73(48-120)82(100)127)49-142-50-77(124)105-71(45-76(99)123)86(131)109-68(42-58-32-36-62(122)37-33-58)85(130)111-72(46-78(125)126)87(132)110-70(44-61-47-104-64-27-18-17-26-63(61)64)89(134)115-79(52(3)4)92(137)112-69(41-57-30-34-60(35-31-57)59-24-15-12-16-25-59)84(129)107-66(29-21-39-103-97(101)102)96(141)118(9)54(7)95(140)119(10)75(43-56-22-13-11-14-23-56)91(136)106-65(83(128)108-67)28-19-20-38-98/h11-18,22-27,30-37,47,51-55,65-75,79-81,104,120-122H,19-21,28-29,38-46,48-50,98H2,1-10H3,(H2,99,123)(H2,100,127)(H,105,124)(H,106,136)(H,107,129)(H,108,128)(H,109,131)(H,110,132)(H,111,130)(H,112,137)(H,113,135)(H,114,139)(H,115,134)(H,116,133)(H,117,138)(H,125,126)(H4,101,102,103)/t54-,55+,65-,66-,67-,68-,69-,70-,71-,72-,73-,74-,75-,79-,80-,81-/m0/s1. The zero-order valence-corrected chi connectivity index (χ0v) is 81.8. The van der Waals surface area contributed by atoms with E-state index >= 15 is 43.2 Å². The van der Waals surface area contributed by atoms with Crippen molar-refractivity contribution in [3.63, 3.8) is 0 Å². The summed E-state index contributed by atoms with van der Waals surface area (Å²) in [5.41, 5.74) is 26.5. The van der Waals surface area contributed by atoms with Crippen molar-refractivity contribution in [3.8, 4) is 16.9 Å². The number of aromatic nitrogens is 1. The van der Waals surface area contributed by atoms with Gasteiger partial charge in [0.05, 0.1) is 31.3 Å². The maximum atomic E-state index is 15.6. The van der Waals surface area contributed by atoms with Gasteiger partial charge in [-0.3, -0.25) is 91.7 Å². The number of aliphatic carboxylic acids is 1. The third-order valence-corrected chi connectivity index (χ3v) is 24.7. The van der Waals surface area contributed by atoms with Crippen molar-refractivity contribution in [1.29, 1.82) is 5.41 Å². The molecule has 0 spiro atoms. The second-order valence-electron chi connectivity index (χ2n) is 36.1. The van der Waals surface area contributed by atoms with E-state index in [0.717, 1.165) is 27.9 Å². The number of unbranched alkanes of at least 4 members (excludes halogenated alkanes) is 1. The van der Waals surface area contributed by atoms with Gasteiger partial charge in [-0.15, -0.1) is 11.8 Å². The number of aromatic amines is 1. The topological polar surface area (TPSA) is 707 Å². The molecule has 1 aliphatic heterocycles. The summed E-state index contributed by atoms with van der Waals surface area (Å²) >= 11 is 0.558. The number of amides is 17. The molecule has 1 saturated heterocycles. The average molecular weight is 1990 g/mol. The van der Waals surface area contributed by atoms with Crippen LogP contribution in [0.15, 0.2) is 140 Å². The summed E-state index contributed by atoms with van der Waals surface area (Å²) in [6.45, 7) is 11.1. The molecular formula is C97H134N22O22S. The number of nitrogens with one attached hydrogen (secondary N) is 16. The Hall–Kier alpha value is -14.6. The second kappa shape index (κ2) is 56.0. The summed E-state index contributed by atoms with van der Waals surface area (Å²) in [7, 11) is 2.59. The number of para-hydroxylation sites is 1. The summed E-state index contributed by atoms with van der Waals surface area (Å²) in [6.07, 6.45) is -3.74. The molecule has 1 aromatic heterocycles. The normalized spacial score (nSPS) is 23.0. The van der Waals surface area contributed by atoms with Crippen LogP contribution in [0.1, 0.15) is 129 Å². The van der Waals surface area contributed by atoms with Gasteiger partial charge < -0.3 is 133 Å². The number of hydrogen-bond donors (Lipinski definition) is 24. The fraction of sp³-hybridized carbons (Fsp3) is 0.474. The quantitative estimate of drug-likeness (QED) is 0.0126. The van der Waals surface area contributed by atoms with E-state index in [9.17, 15) is 63.6 Å². The van der Waals surface area contributed by atoms with Gasteiger partial charge in [0.2, 0.25) is 100 Å². The van der Waals surface area contributed by atoms with E-state index < -0.39 is 265 Å². The molecule has 7 rings (SSSR count). The number of benzene rings is 5. The molecule has 44 nitrogen and oxygen atoms in total. The van der Waals surface area contributed by atoms with Crippen LogP contribution in [0.3, 0.4) is 0 Å². The van der Waals surface area contributed by atoms with Gasteiger partial charge in [0, 0.05) is 69.2 Å². The maximum absolute atomic E-state index is 15.6. The predicted octanol–water partition coefficient (Wildman–Crippen LogP) is -2.51. The number of likely N-dealkylation sites (N-methyl/N-ethyl adjacent to an activating group) is 2. The number of nitrogens with zero attached hydrogens (tertiary/aromatic N) is 2. The number of primary amides is 2. The highest BCUT2D eigenvalue weighted by molar-refractivity contribution is 8.00. The number of carboxylic acid groups (broad SMARTS) is 1. The molecule has 0 bridgehead atoms. The monoisotopic (exact) mass is 1990 g/mol. The molecule has 0 radical (unpaired) electrons. The highest BCUT2D eigenvalue weighted by Gasteiger charge is 2.43. The largest absolute Gasteiger partial charge is 0.508 e. The van der Waals surface area contributed by atoms with Crippen molar-refractivity contribution < 1.29 is 107 Å². The Labute approximate surface area is 826 Å². The molecule has 0 aliphatic carbocycles. The van der Waals surface area contributed by atoms with Crippen molar-refractivity contribution in [2.24, 2.45) is 40.7 Å². The molecule has 2 heterocycles. The van der Waals surface area contributed by atoms with Gasteiger partial charge in [-0.2, -0.15) is 0 Å². The summed E-state index contributed by atoms with van der Waals surface area (Å²) in [6, 6.07) is 10.9. The third-order valence-electron chi connectivity index (χ3n) is 23.7. The van der Waals surface area contributed by atoms with Crippen LogP contribution in [-0.2, 0) is 112 Å². The van der Waals surface area contributed by atoms with Crippen LogP contribution in [0.2, 0.25) is 0 Å². The van der Waals surface area contributed by atoms with Gasteiger partial charge >= 0.3 is 5.97 Å². The molecule has 770 valence electrons. The number of phenolic OH excluding ortho intramolecular Hbond substituents is 1. The minimum atomic E-state index is -2.15. The first kappa shape index (κ1) is 114. The van der Waals surface area contributed by atoms with E-state index in [-0.39, 0.29) is 75.3 Å². The van der Waals surface area contributed by atoms with Gasteiger partial charge in [-0.1, -0.05) is 157 Å². The predicted molar refractivity (Wildman–Crippen MR) is 526 cm³/mol. The fourth-order valence-corrected chi connectivity index (χ4v) is 16.5. The van der Waals surface area contributed by atoms with Crippen LogP contribution >= 0.6 is 11.8 Å². The second-order valence-corrected chi connectivity index (χ2v) is 37.1. The number of fused-ring (bicyclic) bond motifs is 1. The number of nitrogens with two attached hydrogens (primary N) is 4. The van der Waals surface area contributed by atoms with Gasteiger partial charge in [0.1, 0.15) is 96.4 Å². The summed E-state index contributed by atoms with van der Waals surface area (Å²) in [4.78, 5) is 268. The van der Waals surface area contributed by atoms with Gasteiger partial charge in [0.15, 0.2) is 5.96 Å². The Morgan fingerprint density at radius 1 is 0.493 bits per heavy atom. The lowest BCUT2D eigenvalue weighted by molar-refractivity contribution is -0.148. The van der Waals surface area contributed by atoms with E-state index in [2.05, 4.69) is 79.4 Å². The number of rotatable bonds is 30. The zero-order valence-electron chi connectivity index (χ0n) is 81.0. The number of hydrogen-bond acceptors (Lipinski definition) is 24. The Bertz CT molecular complexity index is 5380. The average Bonchev–Trinajstić information content (AvgIpc) is 1.74. The number of aromatic hydroxyl groups is 1. The van der Waals surface area contributed by atoms with Crippen molar-refractivity contribution in [2.75, 3.05) is 45.3 Å². The van der Waals surface area contributed by atoms with Crippen molar-refractivity contribution >= 4 is 135 Å². The van der Waals surface area contributed by atoms with Crippen LogP contribution < -0.4 is 97.4 Å². The Morgan fingerprint density at radius 2 is 0.958 bits per heavy atom. The number of carbonyl (C=O) groups is 18. The van der Waals surface area contributed by atoms with Crippen LogP contribution in [0.25, 0.3) is 22.0 Å². The SMILES string of the molecule is CC(C)C[C@@H]1NC(=O)[C@H](CCCCN)NC(=O)[C@H](Cc2ccccc2)N(C)C(=O)[C@H](C)N(C)C(=O)[C@H](CCCNC(=N)N)NC(=O)[C@H](Cc2ccc(-c3ccccc3)cc2)NC(=O)[C@H](C(C)C)NC(=O)[C@H](Cc2c[nH]c3ccccc23)NC(=O)[C@H](CC(=O)O)NC(=O)[C@H](Cc2ccc(O)cc2)NC(=O)[C@H](CC(N)=O)NC(=O)CSC[C@@H](C(=O)N[C@@H](CO)C(N)=O)NC(=O)[C@H]([C@@H](C)O)NC(=O)[C@H](C(C)C)NC1=O. The first-order valence-corrected chi connectivity index (χ1v) is 47.9. The smallest absolute Gasteiger partial charge is 0.305 e. The Kier molecular flexibility index (Phi) is 45.1. The molecule has 0 unspecified atom stereocenters. The highest BCUT2D eigenvalue weighted by Crippen LogP contribution is 2.25. The van der Waals surface area contributed by atoms with E-state index in [1.165, 1.54) is 65.3 Å². The highest BCUT2D eigenvalue weighted by atomic mass is 32.2. The first-order valence-electron chi connectivity index (χ1n) is 46.7. The molecule has 17 amide bonds. The number of carbonyl (C=O) groups excluding carboxylic acids is 17. The van der Waals surface area contributed by atoms with Crippen molar-refractivity contribution in [1.82, 2.24) is 89.2 Å². The number of aliphatic hydroxyl groups excluding tert-OH is 2. The minimum absolute atomic E-state index is 0.0221. The molecule has 6 aromatic rings. The number of aliphatic hydroxyl groups is 2. The molecule has 142 heavy (non-hydrogen) atoms. The summed E-state index contributed by atoms with van der Waals surface area (Å²) in [5, 5.41) is 86.2. The number of thioether (sulfide) groups is 1. The lowest BCUT2D eigenvalue weighted by Crippen LogP contribution is -2.63. The molecular weight excluding hydrogens is 1860 g/mol. The number of guanidine groups is 1. The number of carboxylic acids is 1. The molecule has 16 atom stereocenters. The third kappa shape index (κ3) is 35.6. The number of phenols is 1. The van der Waals surface area contributed by atoms with Gasteiger partial charge in [-0.05, 0) is 128 Å². The molecule has 28 N–H and O–H groups in total. The molecule has 45 heteroatoms. The van der Waals surface area contributed by atoms with Crippen LogP contribution in [0.5, 0.6) is 5.75 Å². The molecule has 5 aromatic carbocycles. The lowest BCUT2D eigenvalue weighted by atomic mass is 9.98. The van der Waals surface area contributed by atoms with E-state index in [4.69, 9.17) is 28.3 Å². The maximum Gasteiger partial charge on any atom is 0.305 e. The van der Waals surface area contributed by atoms with E-state index in [1.807, 2.05) is 30.3 Å². The first-order chi connectivity index (χ1) is 67.3. The van der Waals surface area contributed by atoms with Crippen LogP contribution in [-0.4, -0.2) is 290 Å². The fourth-order valence-electron chi connectivity index (χ4n) is 15.6. The van der Waals surface area contributed by atoms with Crippen LogP contribution in [0.4, 0.5) is 0 Å². The zero-order chi connectivity index (χ0) is 105. The Balaban J connectivity index is 1.36. The lowest BCUT2D eigenvalue weighted by Gasteiger charge is -2.35. The number of H-pyrrole nitrogens is 1. The Morgan fingerprint density at radius 3 is 1.51 bits per heavy atom. The van der Waals surface area contributed by atoms with Gasteiger partial charge in [-0.25, -0.2) is 0 Å². The minimum Gasteiger partial charge on any atom is -0.508 e. The molecule has 1 fully saturated rings. The van der Waals surface area contributed by atoms with Crippen LogP contribution in [0, 0.1) is 23.2 Å². The summed E-state index contributed by atoms with van der Waals surface area (Å²) in [5.74, 6) is -24.5. The van der Waals surface area contributed by atoms with Gasteiger partial charge in [0.25, 0.3) is 0 Å². The van der Waals surface area contributed by atoms with E-state index in [0.29, 0.717) is 45.8 Å². The summed E-state index contributed by atoms with van der Waals surface area (Å²) < 4.78 is 0. The van der Waals surface area contributed by atoms with E-state index in [1.54, 1.807) is 107 Å².